The van der Waals surface area contributed by atoms with E-state index in [9.17, 15) is 18.0 Å². The lowest BCUT2D eigenvalue weighted by Gasteiger charge is -2.33. The van der Waals surface area contributed by atoms with E-state index in [1.807, 2.05) is 13.0 Å². The number of aromatic nitrogens is 4. The van der Waals surface area contributed by atoms with Gasteiger partial charge in [0.15, 0.2) is 18.0 Å². The molecule has 14 heteroatoms. The number of rotatable bonds is 5. The van der Waals surface area contributed by atoms with Gasteiger partial charge in [0.2, 0.25) is 11.8 Å². The molecule has 1 amide bonds. The smallest absolute Gasteiger partial charge is 0.394 e. The number of aryl methyl sites for hydroxylation is 1. The Balaban J connectivity index is 1.24. The average Bonchev–Trinajstić information content (AvgIpc) is 3.52. The lowest BCUT2D eigenvalue weighted by atomic mass is 9.93. The van der Waals surface area contributed by atoms with Crippen molar-refractivity contribution in [2.24, 2.45) is 11.3 Å². The van der Waals surface area contributed by atoms with Crippen LogP contribution in [-0.4, -0.2) is 57.1 Å². The summed E-state index contributed by atoms with van der Waals surface area (Å²) in [5.74, 6) is 2.35. The van der Waals surface area contributed by atoms with Crippen LogP contribution in [0.3, 0.4) is 0 Å². The van der Waals surface area contributed by atoms with Gasteiger partial charge in [-0.25, -0.2) is 9.67 Å². The molecule has 3 aromatic heterocycles. The van der Waals surface area contributed by atoms with Gasteiger partial charge in [0.05, 0.1) is 17.6 Å². The second-order valence-corrected chi connectivity index (χ2v) is 13.0. The van der Waals surface area contributed by atoms with Crippen molar-refractivity contribution in [3.8, 4) is 17.6 Å². The van der Waals surface area contributed by atoms with E-state index in [2.05, 4.69) is 38.9 Å². The van der Waals surface area contributed by atoms with E-state index in [4.69, 9.17) is 13.9 Å². The molecule has 2 N–H and O–H groups in total. The molecule has 0 spiro atoms. The fourth-order valence-corrected chi connectivity index (χ4v) is 6.49. The Bertz CT molecular complexity index is 1530. The van der Waals surface area contributed by atoms with Gasteiger partial charge in [0.1, 0.15) is 11.6 Å². The number of hydrogen-bond donors (Lipinski definition) is 2. The Morgan fingerprint density at radius 2 is 1.98 bits per heavy atom. The van der Waals surface area contributed by atoms with Gasteiger partial charge in [0.25, 0.3) is 5.91 Å². The summed E-state index contributed by atoms with van der Waals surface area (Å²) < 4.78 is 55.3. The Labute approximate surface area is 258 Å². The van der Waals surface area contributed by atoms with Gasteiger partial charge in [0, 0.05) is 37.0 Å². The number of nitrogens with one attached hydrogen (secondary N) is 2. The summed E-state index contributed by atoms with van der Waals surface area (Å²) in [6, 6.07) is 8.66. The second kappa shape index (κ2) is 11.7. The molecule has 0 radical (unpaired) electrons. The van der Waals surface area contributed by atoms with Gasteiger partial charge >= 0.3 is 6.18 Å². The number of halogens is 3. The van der Waals surface area contributed by atoms with Gasteiger partial charge in [-0.2, -0.15) is 18.2 Å². The van der Waals surface area contributed by atoms with E-state index in [0.717, 1.165) is 56.0 Å². The lowest BCUT2D eigenvalue weighted by molar-refractivity contribution is -0.190. The minimum atomic E-state index is -4.22. The molecule has 6 rings (SSSR count). The zero-order valence-corrected chi connectivity index (χ0v) is 25.7. The fourth-order valence-electron chi connectivity index (χ4n) is 6.08. The molecule has 3 aliphatic rings. The van der Waals surface area contributed by atoms with E-state index in [-0.39, 0.29) is 43.2 Å². The summed E-state index contributed by atoms with van der Waals surface area (Å²) in [6.07, 6.45) is 0.493. The molecule has 4 bridgehead atoms. The van der Waals surface area contributed by atoms with Crippen LogP contribution < -0.4 is 23.9 Å². The summed E-state index contributed by atoms with van der Waals surface area (Å²) >= 11 is 0.786. The molecule has 5 heterocycles. The summed E-state index contributed by atoms with van der Waals surface area (Å²) in [7, 11) is 0. The number of hydrogen-bond acceptors (Lipinski definition) is 9. The highest BCUT2D eigenvalue weighted by atomic mass is 32.2. The number of pyridine rings is 2. The Kier molecular flexibility index (Phi) is 8.05. The zero-order chi connectivity index (χ0) is 31.1. The third-order valence-corrected chi connectivity index (χ3v) is 9.34. The maximum atomic E-state index is 13.5. The third-order valence-electron chi connectivity index (χ3n) is 8.82. The van der Waals surface area contributed by atoms with E-state index in [0.29, 0.717) is 29.0 Å². The van der Waals surface area contributed by atoms with Crippen LogP contribution >= 0.6 is 12.2 Å². The van der Waals surface area contributed by atoms with Gasteiger partial charge in [-0.05, 0) is 82.9 Å². The third kappa shape index (κ3) is 6.26. The van der Waals surface area contributed by atoms with Crippen molar-refractivity contribution in [3.63, 3.8) is 0 Å². The van der Waals surface area contributed by atoms with Gasteiger partial charge in [-0.15, -0.1) is 5.10 Å². The monoisotopic (exact) mass is 631 g/mol. The Morgan fingerprint density at radius 3 is 2.75 bits per heavy atom. The van der Waals surface area contributed by atoms with Crippen molar-refractivity contribution >= 4 is 29.8 Å². The number of ether oxygens (including phenoxy) is 1. The quantitative estimate of drug-likeness (QED) is 0.249. The summed E-state index contributed by atoms with van der Waals surface area (Å²) in [5.41, 5.74) is -0.494. The minimum absolute atomic E-state index is 0.0770. The van der Waals surface area contributed by atoms with E-state index in [1.165, 1.54) is 4.68 Å². The van der Waals surface area contributed by atoms with Crippen LogP contribution in [0.2, 0.25) is 0 Å². The van der Waals surface area contributed by atoms with Crippen LogP contribution in [0.5, 0.6) is 11.8 Å². The van der Waals surface area contributed by atoms with Crippen LogP contribution in [0.4, 0.5) is 24.8 Å². The number of amides is 1. The molecule has 236 valence electrons. The summed E-state index contributed by atoms with van der Waals surface area (Å²) in [6.45, 7) is 7.72. The number of alkyl halides is 3. The van der Waals surface area contributed by atoms with Crippen LogP contribution in [0.1, 0.15) is 68.3 Å². The lowest BCUT2D eigenvalue weighted by Crippen LogP contribution is -2.40. The van der Waals surface area contributed by atoms with Crippen LogP contribution in [0, 0.1) is 18.3 Å². The first-order chi connectivity index (χ1) is 20.9. The largest absolute Gasteiger partial charge is 0.477 e. The molecule has 1 unspecified atom stereocenters. The molecule has 3 aromatic rings. The maximum Gasteiger partial charge on any atom is 0.394 e. The van der Waals surface area contributed by atoms with Crippen LogP contribution in [-0.2, 0) is 0 Å². The number of carbonyl (C=O) groups is 1. The number of nitrogens with zero attached hydrogens (tertiary/aromatic N) is 5. The van der Waals surface area contributed by atoms with Crippen molar-refractivity contribution in [3.05, 3.63) is 47.7 Å². The van der Waals surface area contributed by atoms with Crippen molar-refractivity contribution < 1.29 is 26.9 Å². The Morgan fingerprint density at radius 1 is 1.16 bits per heavy atom. The fraction of sp³-hybridized carbons (Fsp3) is 0.533. The number of fused-ring (bicyclic) bond motifs is 6. The van der Waals surface area contributed by atoms with E-state index >= 15 is 0 Å². The Hall–Kier alpha value is -3.68. The highest BCUT2D eigenvalue weighted by Crippen LogP contribution is 2.59. The molecule has 1 atom stereocenters. The highest BCUT2D eigenvalue weighted by Gasteiger charge is 2.62. The van der Waals surface area contributed by atoms with Gasteiger partial charge in [-0.1, -0.05) is 6.07 Å². The molecule has 1 saturated carbocycles. The maximum absolute atomic E-state index is 13.5. The first-order valence-electron chi connectivity index (χ1n) is 14.8. The topological polar surface area (TPSA) is 106 Å². The first-order valence-corrected chi connectivity index (χ1v) is 15.6. The van der Waals surface area contributed by atoms with Gasteiger partial charge in [-0.3, -0.25) is 9.52 Å². The number of carbonyl (C=O) groups excluding carboxylic acids is 1. The molecule has 1 saturated heterocycles. The SMILES string of the molecule is Cc1ccc2nc1NCCCC1CN(c3nc(-n4ccc(OCCC5(C(F)(F)F)CC5)n4)ccc3C(=O)NSO2)C(C)(C)C1. The van der Waals surface area contributed by atoms with Crippen molar-refractivity contribution in [1.29, 1.82) is 0 Å². The first kappa shape index (κ1) is 30.4. The predicted molar refractivity (Wildman–Crippen MR) is 161 cm³/mol. The standard InChI is InChI=1S/C30H36F3N7O3S/c1-19-6-9-23-36-25(19)34-14-4-5-20-17-28(2,3)39(18-20)26-21(27(41)38-44-43-23)7-8-22(35-26)40-15-10-24(37-40)42-16-13-29(11-12-29)30(31,32)33/h6-10,15,20H,4-5,11-14,16-18H2,1-3H3,(H,34,36)(H,38,41). The minimum Gasteiger partial charge on any atom is -0.477 e. The normalized spacial score (nSPS) is 21.1. The molecule has 2 fully saturated rings. The van der Waals surface area contributed by atoms with Crippen molar-refractivity contribution in [2.45, 2.75) is 71.0 Å². The van der Waals surface area contributed by atoms with Crippen LogP contribution in [0.25, 0.3) is 5.82 Å². The molecule has 0 aromatic carbocycles. The molecular formula is C30H36F3N7O3S. The van der Waals surface area contributed by atoms with Crippen molar-refractivity contribution in [2.75, 3.05) is 29.9 Å². The average molecular weight is 632 g/mol. The zero-order valence-electron chi connectivity index (χ0n) is 24.9. The number of anilines is 2. The van der Waals surface area contributed by atoms with E-state index < -0.39 is 11.6 Å². The summed E-state index contributed by atoms with van der Waals surface area (Å²) in [5, 5.41) is 7.82. The second-order valence-electron chi connectivity index (χ2n) is 12.5. The molecule has 10 nitrogen and oxygen atoms in total. The predicted octanol–water partition coefficient (Wildman–Crippen LogP) is 6.26. The van der Waals surface area contributed by atoms with Crippen LogP contribution in [0.15, 0.2) is 36.5 Å². The molecule has 44 heavy (non-hydrogen) atoms. The summed E-state index contributed by atoms with van der Waals surface area (Å²) in [4.78, 5) is 25.1. The highest BCUT2D eigenvalue weighted by molar-refractivity contribution is 7.93. The van der Waals surface area contributed by atoms with Gasteiger partial charge < -0.3 is 19.1 Å². The van der Waals surface area contributed by atoms with Crippen molar-refractivity contribution in [1.82, 2.24) is 24.5 Å². The molecule has 1 aliphatic carbocycles. The van der Waals surface area contributed by atoms with E-state index in [1.54, 1.807) is 30.5 Å². The molecule has 2 aliphatic heterocycles. The molecular weight excluding hydrogens is 595 g/mol.